The molecule has 2 saturated heterocycles. The molecule has 4 nitrogen and oxygen atoms in total. The number of hydrogen-bond acceptors (Lipinski definition) is 3. The number of carbonyl (C=O) groups is 1. The zero-order chi connectivity index (χ0) is 22.7. The van der Waals surface area contributed by atoms with Crippen LogP contribution in [0.25, 0.3) is 11.1 Å². The van der Waals surface area contributed by atoms with E-state index in [2.05, 4.69) is 74.8 Å². The van der Waals surface area contributed by atoms with Crippen molar-refractivity contribution in [2.45, 2.75) is 68.9 Å². The molecule has 32 heavy (non-hydrogen) atoms. The van der Waals surface area contributed by atoms with Crippen LogP contribution in [-0.4, -0.2) is 48.5 Å². The molecule has 3 aliphatic rings. The van der Waals surface area contributed by atoms with Crippen molar-refractivity contribution in [3.63, 3.8) is 0 Å². The number of benzene rings is 2. The van der Waals surface area contributed by atoms with Crippen LogP contribution in [0.4, 0.5) is 4.79 Å². The minimum atomic E-state index is -1.68. The van der Waals surface area contributed by atoms with Gasteiger partial charge in [-0.25, -0.2) is 4.79 Å². The van der Waals surface area contributed by atoms with Crippen LogP contribution in [0.15, 0.2) is 60.3 Å². The molecule has 5 rings (SSSR count). The second kappa shape index (κ2) is 7.60. The lowest BCUT2D eigenvalue weighted by atomic mass is 9.86. The van der Waals surface area contributed by atoms with Crippen LogP contribution < -0.4 is 0 Å². The van der Waals surface area contributed by atoms with Gasteiger partial charge in [-0.3, -0.25) is 0 Å². The van der Waals surface area contributed by atoms with E-state index < -0.39 is 13.7 Å². The van der Waals surface area contributed by atoms with Gasteiger partial charge in [0.15, 0.2) is 0 Å². The summed E-state index contributed by atoms with van der Waals surface area (Å²) < 4.78 is 5.95. The van der Waals surface area contributed by atoms with Crippen molar-refractivity contribution in [3.05, 3.63) is 71.4 Å². The quantitative estimate of drug-likeness (QED) is 0.609. The summed E-state index contributed by atoms with van der Waals surface area (Å²) in [6.45, 7) is 11.3. The van der Waals surface area contributed by atoms with Gasteiger partial charge in [0.25, 0.3) is 0 Å². The lowest BCUT2D eigenvalue weighted by molar-refractivity contribution is -0.0204. The highest BCUT2D eigenvalue weighted by Crippen LogP contribution is 2.47. The van der Waals surface area contributed by atoms with Crippen LogP contribution in [0.2, 0.25) is 19.6 Å². The normalized spacial score (nSPS) is 26.6. The summed E-state index contributed by atoms with van der Waals surface area (Å²) in [4.78, 5) is 15.1. The van der Waals surface area contributed by atoms with Gasteiger partial charge < -0.3 is 14.7 Å². The van der Waals surface area contributed by atoms with Crippen molar-refractivity contribution in [1.82, 2.24) is 4.90 Å². The van der Waals surface area contributed by atoms with E-state index in [4.69, 9.17) is 4.74 Å². The van der Waals surface area contributed by atoms with Crippen molar-refractivity contribution in [1.29, 1.82) is 0 Å². The number of hydrogen-bond donors (Lipinski definition) is 1. The maximum absolute atomic E-state index is 13.2. The van der Waals surface area contributed by atoms with Gasteiger partial charge in [-0.15, -0.1) is 6.58 Å². The van der Waals surface area contributed by atoms with Crippen molar-refractivity contribution < 1.29 is 14.6 Å². The molecule has 1 N–H and O–H groups in total. The van der Waals surface area contributed by atoms with Crippen LogP contribution in [0.5, 0.6) is 0 Å². The van der Waals surface area contributed by atoms with Crippen LogP contribution in [0.1, 0.15) is 42.7 Å². The van der Waals surface area contributed by atoms with Crippen molar-refractivity contribution in [2.24, 2.45) is 0 Å². The van der Waals surface area contributed by atoms with Gasteiger partial charge in [0.05, 0.1) is 13.7 Å². The van der Waals surface area contributed by atoms with Gasteiger partial charge in [-0.1, -0.05) is 73.4 Å². The third-order valence-corrected chi connectivity index (χ3v) is 10.1. The first-order chi connectivity index (χ1) is 15.2. The molecule has 1 amide bonds. The Morgan fingerprint density at radius 3 is 2.03 bits per heavy atom. The van der Waals surface area contributed by atoms with Gasteiger partial charge in [0.2, 0.25) is 0 Å². The fourth-order valence-electron chi connectivity index (χ4n) is 6.14. The third-order valence-electron chi connectivity index (χ3n) is 7.78. The summed E-state index contributed by atoms with van der Waals surface area (Å²) in [5.41, 5.74) is 4.07. The molecule has 2 aromatic carbocycles. The topological polar surface area (TPSA) is 49.8 Å². The fraction of sp³-hybridized carbons (Fsp3) is 0.444. The molecule has 0 radical (unpaired) electrons. The van der Waals surface area contributed by atoms with E-state index in [9.17, 15) is 9.90 Å². The minimum absolute atomic E-state index is 0.0301. The first kappa shape index (κ1) is 21.5. The van der Waals surface area contributed by atoms with E-state index in [-0.39, 0.29) is 24.1 Å². The maximum Gasteiger partial charge on any atom is 0.410 e. The van der Waals surface area contributed by atoms with Crippen LogP contribution in [0, 0.1) is 0 Å². The average Bonchev–Trinajstić information content (AvgIpc) is 3.23. The first-order valence-electron chi connectivity index (χ1n) is 11.7. The Labute approximate surface area is 191 Å². The molecule has 0 spiro atoms. The van der Waals surface area contributed by atoms with E-state index in [0.717, 1.165) is 18.0 Å². The Hall–Kier alpha value is -2.37. The summed E-state index contributed by atoms with van der Waals surface area (Å²) in [5.74, 6) is 0.0670. The summed E-state index contributed by atoms with van der Waals surface area (Å²) in [7, 11) is -1.68. The average molecular weight is 448 g/mol. The highest BCUT2D eigenvalue weighted by Gasteiger charge is 2.52. The highest BCUT2D eigenvalue weighted by molar-refractivity contribution is 6.83. The summed E-state index contributed by atoms with van der Waals surface area (Å²) >= 11 is 0. The lowest BCUT2D eigenvalue weighted by Gasteiger charge is -2.46. The van der Waals surface area contributed by atoms with Gasteiger partial charge in [-0.2, -0.15) is 0 Å². The summed E-state index contributed by atoms with van der Waals surface area (Å²) in [6.07, 6.45) is 2.78. The van der Waals surface area contributed by atoms with Gasteiger partial charge in [0, 0.05) is 30.8 Å². The molecular weight excluding hydrogens is 414 g/mol. The Bertz CT molecular complexity index is 1010. The van der Waals surface area contributed by atoms with Gasteiger partial charge >= 0.3 is 6.09 Å². The Kier molecular flexibility index (Phi) is 5.10. The molecule has 168 valence electrons. The monoisotopic (exact) mass is 447 g/mol. The van der Waals surface area contributed by atoms with E-state index in [0.29, 0.717) is 19.4 Å². The summed E-state index contributed by atoms with van der Waals surface area (Å²) in [6, 6.07) is 16.9. The van der Waals surface area contributed by atoms with E-state index in [1.54, 1.807) is 0 Å². The van der Waals surface area contributed by atoms with E-state index in [1.165, 1.54) is 22.3 Å². The summed E-state index contributed by atoms with van der Waals surface area (Å²) in [5, 5.41) is 12.4. The second-order valence-corrected chi connectivity index (χ2v) is 15.9. The molecule has 2 aliphatic heterocycles. The van der Waals surface area contributed by atoms with Crippen molar-refractivity contribution in [2.75, 3.05) is 6.61 Å². The lowest BCUT2D eigenvalue weighted by Crippen LogP contribution is -2.56. The Balaban J connectivity index is 1.31. The van der Waals surface area contributed by atoms with Crippen LogP contribution in [0.3, 0.4) is 0 Å². The molecule has 2 fully saturated rings. The molecular formula is C27H33NO3Si. The van der Waals surface area contributed by atoms with Gasteiger partial charge in [-0.05, 0) is 35.1 Å². The number of ether oxygens (including phenoxy) is 1. The Morgan fingerprint density at radius 2 is 1.53 bits per heavy atom. The molecule has 2 atom stereocenters. The van der Waals surface area contributed by atoms with Crippen molar-refractivity contribution >= 4 is 14.2 Å². The minimum Gasteiger partial charge on any atom is -0.448 e. The molecule has 0 saturated carbocycles. The zero-order valence-electron chi connectivity index (χ0n) is 19.3. The molecule has 2 aromatic rings. The standard InChI is InChI=1S/C27H33NO3Si/c1-18(32(2,3)4)27(30)15-19-13-14-20(16-27)28(19)26(29)31-17-25-23-11-7-5-9-21(23)22-10-6-8-12-24(22)25/h5-12,19-20,25,30H,1,13-17H2,2-4H3. The Morgan fingerprint density at radius 1 is 1.03 bits per heavy atom. The van der Waals surface area contributed by atoms with E-state index in [1.807, 2.05) is 4.90 Å². The third kappa shape index (κ3) is 3.42. The zero-order valence-corrected chi connectivity index (χ0v) is 20.3. The molecule has 1 aliphatic carbocycles. The van der Waals surface area contributed by atoms with Crippen LogP contribution >= 0.6 is 0 Å². The number of amides is 1. The number of aliphatic hydroxyl groups is 1. The second-order valence-electron chi connectivity index (χ2n) is 10.8. The van der Waals surface area contributed by atoms with Gasteiger partial charge in [0.1, 0.15) is 6.61 Å². The molecule has 2 unspecified atom stereocenters. The predicted octanol–water partition coefficient (Wildman–Crippen LogP) is 5.73. The maximum atomic E-state index is 13.2. The molecule has 0 aromatic heterocycles. The predicted molar refractivity (Wildman–Crippen MR) is 130 cm³/mol. The molecule has 5 heteroatoms. The van der Waals surface area contributed by atoms with Crippen LogP contribution in [-0.2, 0) is 4.74 Å². The molecule has 2 bridgehead atoms. The fourth-order valence-corrected chi connectivity index (χ4v) is 7.74. The number of carbonyl (C=O) groups excluding carboxylic acids is 1. The number of fused-ring (bicyclic) bond motifs is 5. The molecule has 2 heterocycles. The smallest absolute Gasteiger partial charge is 0.410 e. The number of rotatable bonds is 4. The first-order valence-corrected chi connectivity index (χ1v) is 15.2. The van der Waals surface area contributed by atoms with Crippen molar-refractivity contribution in [3.8, 4) is 11.1 Å². The SMILES string of the molecule is C=C(C1(O)CC2CCC(C1)N2C(=O)OCC1c2ccccc2-c2ccccc21)[Si](C)(C)C. The number of piperidine rings is 1. The number of nitrogens with zero attached hydrogens (tertiary/aromatic N) is 1. The van der Waals surface area contributed by atoms with E-state index >= 15 is 0 Å². The highest BCUT2D eigenvalue weighted by atomic mass is 28.3. The largest absolute Gasteiger partial charge is 0.448 e.